The highest BCUT2D eigenvalue weighted by atomic mass is 32.2. The summed E-state index contributed by atoms with van der Waals surface area (Å²) in [6.07, 6.45) is 0.895. The largest absolute Gasteiger partial charge is 0.279 e. The smallest absolute Gasteiger partial charge is 0.245 e. The lowest BCUT2D eigenvalue weighted by Crippen LogP contribution is -2.40. The highest BCUT2D eigenvalue weighted by Gasteiger charge is 2.35. The Kier molecular flexibility index (Phi) is 3.94. The van der Waals surface area contributed by atoms with Crippen LogP contribution in [0.15, 0.2) is 29.2 Å². The second-order valence-electron chi connectivity index (χ2n) is 5.12. The normalized spacial score (nSPS) is 19.4. The Labute approximate surface area is 118 Å². The first-order valence-electron chi connectivity index (χ1n) is 6.45. The van der Waals surface area contributed by atoms with Crippen LogP contribution in [0.4, 0.5) is 0 Å². The number of hydrogen-bond donors (Lipinski definition) is 0. The van der Waals surface area contributed by atoms with Crippen molar-refractivity contribution in [3.8, 4) is 0 Å². The number of rotatable bonds is 3. The molecular weight excluding hydrogens is 278 g/mol. The van der Waals surface area contributed by atoms with Crippen LogP contribution in [0.5, 0.6) is 0 Å². The van der Waals surface area contributed by atoms with Crippen molar-refractivity contribution in [1.29, 1.82) is 0 Å². The molecule has 0 N–H and O–H groups in total. The quantitative estimate of drug-likeness (QED) is 0.843. The van der Waals surface area contributed by atoms with Gasteiger partial charge in [0.15, 0.2) is 9.84 Å². The molecule has 2 amide bonds. The third-order valence-electron chi connectivity index (χ3n) is 3.45. The molecular formula is C14H17NO4S. The number of nitrogens with zero attached hydrogens (tertiary/aromatic N) is 1. The summed E-state index contributed by atoms with van der Waals surface area (Å²) in [7, 11) is -3.70. The number of sulfone groups is 1. The lowest BCUT2D eigenvalue weighted by Gasteiger charge is -2.19. The first kappa shape index (κ1) is 14.7. The zero-order chi connectivity index (χ0) is 14.9. The van der Waals surface area contributed by atoms with Crippen molar-refractivity contribution in [2.75, 3.05) is 5.75 Å². The van der Waals surface area contributed by atoms with Crippen LogP contribution in [0, 0.1) is 6.92 Å². The SMILES string of the molecule is Cc1ccc(S(=O)(=O)CC(=O)N2C(=O)CC[C@H]2C)cc1. The number of aryl methyl sites for hydroxylation is 1. The Hall–Kier alpha value is -1.69. The number of benzene rings is 1. The summed E-state index contributed by atoms with van der Waals surface area (Å²) in [6, 6.07) is 6.10. The first-order chi connectivity index (χ1) is 9.31. The van der Waals surface area contributed by atoms with Crippen LogP contribution in [0.1, 0.15) is 25.3 Å². The van der Waals surface area contributed by atoms with E-state index in [0.717, 1.165) is 10.5 Å². The van der Waals surface area contributed by atoms with Gasteiger partial charge in [-0.2, -0.15) is 0 Å². The molecule has 1 heterocycles. The van der Waals surface area contributed by atoms with E-state index in [2.05, 4.69) is 0 Å². The molecule has 0 aliphatic carbocycles. The number of likely N-dealkylation sites (tertiary alicyclic amines) is 1. The summed E-state index contributed by atoms with van der Waals surface area (Å²) in [6.45, 7) is 3.60. The summed E-state index contributed by atoms with van der Waals surface area (Å²) in [5, 5.41) is 0. The highest BCUT2D eigenvalue weighted by Crippen LogP contribution is 2.20. The molecule has 1 atom stereocenters. The minimum absolute atomic E-state index is 0.107. The Bertz CT molecular complexity index is 634. The van der Waals surface area contributed by atoms with E-state index in [9.17, 15) is 18.0 Å². The van der Waals surface area contributed by atoms with Gasteiger partial charge in [0.25, 0.3) is 0 Å². The predicted octanol–water partition coefficient (Wildman–Crippen LogP) is 1.31. The molecule has 6 heteroatoms. The van der Waals surface area contributed by atoms with Gasteiger partial charge in [-0.3, -0.25) is 14.5 Å². The number of imide groups is 1. The molecule has 0 unspecified atom stereocenters. The Morgan fingerprint density at radius 3 is 2.40 bits per heavy atom. The molecule has 1 aliphatic rings. The van der Waals surface area contributed by atoms with E-state index in [1.807, 2.05) is 6.92 Å². The Morgan fingerprint density at radius 2 is 1.90 bits per heavy atom. The number of amides is 2. The molecule has 2 rings (SSSR count). The highest BCUT2D eigenvalue weighted by molar-refractivity contribution is 7.92. The van der Waals surface area contributed by atoms with Gasteiger partial charge < -0.3 is 0 Å². The van der Waals surface area contributed by atoms with Gasteiger partial charge >= 0.3 is 0 Å². The summed E-state index contributed by atoms with van der Waals surface area (Å²) >= 11 is 0. The molecule has 0 spiro atoms. The molecule has 1 saturated heterocycles. The predicted molar refractivity (Wildman–Crippen MR) is 73.8 cm³/mol. The molecule has 20 heavy (non-hydrogen) atoms. The molecule has 1 fully saturated rings. The topological polar surface area (TPSA) is 71.5 Å². The van der Waals surface area contributed by atoms with Gasteiger partial charge in [0.2, 0.25) is 11.8 Å². The van der Waals surface area contributed by atoms with Crippen molar-refractivity contribution < 1.29 is 18.0 Å². The van der Waals surface area contributed by atoms with Gasteiger partial charge in [-0.25, -0.2) is 8.42 Å². The third kappa shape index (κ3) is 2.90. The second kappa shape index (κ2) is 5.36. The van der Waals surface area contributed by atoms with Crippen molar-refractivity contribution >= 4 is 21.7 Å². The van der Waals surface area contributed by atoms with Crippen LogP contribution in [0.3, 0.4) is 0 Å². The number of hydrogen-bond acceptors (Lipinski definition) is 4. The van der Waals surface area contributed by atoms with Gasteiger partial charge in [-0.1, -0.05) is 17.7 Å². The summed E-state index contributed by atoms with van der Waals surface area (Å²) in [5.74, 6) is -1.59. The van der Waals surface area contributed by atoms with E-state index in [0.29, 0.717) is 12.8 Å². The van der Waals surface area contributed by atoms with Crippen LogP contribution in [-0.2, 0) is 19.4 Å². The lowest BCUT2D eigenvalue weighted by molar-refractivity contribution is -0.141. The molecule has 1 aliphatic heterocycles. The molecule has 1 aromatic rings. The second-order valence-corrected chi connectivity index (χ2v) is 7.11. The van der Waals surface area contributed by atoms with Crippen molar-refractivity contribution in [2.45, 2.75) is 37.6 Å². The minimum atomic E-state index is -3.70. The molecule has 0 bridgehead atoms. The van der Waals surface area contributed by atoms with Crippen molar-refractivity contribution in [2.24, 2.45) is 0 Å². The first-order valence-corrected chi connectivity index (χ1v) is 8.11. The van der Waals surface area contributed by atoms with E-state index < -0.39 is 21.5 Å². The van der Waals surface area contributed by atoms with Gasteiger partial charge in [0, 0.05) is 12.5 Å². The van der Waals surface area contributed by atoms with Crippen LogP contribution in [0.25, 0.3) is 0 Å². The summed E-state index contributed by atoms with van der Waals surface area (Å²) in [4.78, 5) is 24.8. The van der Waals surface area contributed by atoms with Crippen LogP contribution >= 0.6 is 0 Å². The maximum absolute atomic E-state index is 12.2. The van der Waals surface area contributed by atoms with Crippen LogP contribution < -0.4 is 0 Å². The Morgan fingerprint density at radius 1 is 1.30 bits per heavy atom. The van der Waals surface area contributed by atoms with E-state index in [4.69, 9.17) is 0 Å². The standard InChI is InChI=1S/C14H17NO4S/c1-10-3-6-12(7-4-10)20(18,19)9-14(17)15-11(2)5-8-13(15)16/h3-4,6-7,11H,5,8-9H2,1-2H3/t11-/m1/s1. The van der Waals surface area contributed by atoms with Crippen molar-refractivity contribution in [3.05, 3.63) is 29.8 Å². The molecule has 0 aromatic heterocycles. The fraction of sp³-hybridized carbons (Fsp3) is 0.429. The molecule has 0 radical (unpaired) electrons. The van der Waals surface area contributed by atoms with Crippen molar-refractivity contribution in [3.63, 3.8) is 0 Å². The molecule has 108 valence electrons. The van der Waals surface area contributed by atoms with E-state index in [1.54, 1.807) is 19.1 Å². The monoisotopic (exact) mass is 295 g/mol. The average Bonchev–Trinajstić information content (AvgIpc) is 2.69. The molecule has 0 saturated carbocycles. The van der Waals surface area contributed by atoms with Gasteiger partial charge in [0.1, 0.15) is 5.75 Å². The third-order valence-corrected chi connectivity index (χ3v) is 5.07. The zero-order valence-electron chi connectivity index (χ0n) is 11.5. The molecule has 5 nitrogen and oxygen atoms in total. The maximum atomic E-state index is 12.2. The van der Waals surface area contributed by atoms with Crippen LogP contribution in [-0.4, -0.2) is 36.9 Å². The molecule has 1 aromatic carbocycles. The minimum Gasteiger partial charge on any atom is -0.279 e. The Balaban J connectivity index is 2.18. The van der Waals surface area contributed by atoms with Crippen molar-refractivity contribution in [1.82, 2.24) is 4.90 Å². The van der Waals surface area contributed by atoms with Gasteiger partial charge in [-0.15, -0.1) is 0 Å². The number of carbonyl (C=O) groups is 2. The fourth-order valence-electron chi connectivity index (χ4n) is 2.27. The zero-order valence-corrected chi connectivity index (χ0v) is 12.3. The van der Waals surface area contributed by atoms with Gasteiger partial charge in [-0.05, 0) is 32.4 Å². The number of carbonyl (C=O) groups excluding carboxylic acids is 2. The van der Waals surface area contributed by atoms with Crippen LogP contribution in [0.2, 0.25) is 0 Å². The average molecular weight is 295 g/mol. The van der Waals surface area contributed by atoms with E-state index >= 15 is 0 Å². The van der Waals surface area contributed by atoms with E-state index in [-0.39, 0.29) is 16.8 Å². The maximum Gasteiger partial charge on any atom is 0.245 e. The lowest BCUT2D eigenvalue weighted by atomic mass is 10.2. The fourth-order valence-corrected chi connectivity index (χ4v) is 3.46. The van der Waals surface area contributed by atoms with Gasteiger partial charge in [0.05, 0.1) is 4.90 Å². The van der Waals surface area contributed by atoms with E-state index in [1.165, 1.54) is 12.1 Å². The summed E-state index contributed by atoms with van der Waals surface area (Å²) < 4.78 is 24.3. The summed E-state index contributed by atoms with van der Waals surface area (Å²) in [5.41, 5.74) is 0.943.